The molecule has 114 valence electrons. The van der Waals surface area contributed by atoms with Gasteiger partial charge in [-0.15, -0.1) is 0 Å². The Morgan fingerprint density at radius 1 is 0.913 bits per heavy atom. The van der Waals surface area contributed by atoms with Gasteiger partial charge in [-0.25, -0.2) is 4.57 Å². The first-order valence-electron chi connectivity index (χ1n) is 7.01. The summed E-state index contributed by atoms with van der Waals surface area (Å²) in [6.45, 7) is 0.232. The van der Waals surface area contributed by atoms with Crippen LogP contribution in [-0.4, -0.2) is 10.8 Å². The van der Waals surface area contributed by atoms with Gasteiger partial charge in [0.05, 0.1) is 6.20 Å². The molecule has 0 saturated heterocycles. The highest BCUT2D eigenvalue weighted by Crippen LogP contribution is 2.18. The number of nitrogens with zero attached hydrogens (tertiary/aromatic N) is 2. The van der Waals surface area contributed by atoms with Crippen LogP contribution in [0.4, 0.5) is 0 Å². The maximum absolute atomic E-state index is 12.2. The minimum absolute atomic E-state index is 0.00714. The molecule has 2 aromatic carbocycles. The van der Waals surface area contributed by atoms with Gasteiger partial charge in [0.25, 0.3) is 6.33 Å². The summed E-state index contributed by atoms with van der Waals surface area (Å²) in [5.41, 5.74) is 2.44. The second-order valence-electron chi connectivity index (χ2n) is 5.05. The predicted molar refractivity (Wildman–Crippen MR) is 90.7 cm³/mol. The van der Waals surface area contributed by atoms with Gasteiger partial charge in [-0.05, 0) is 53.5 Å². The van der Waals surface area contributed by atoms with E-state index in [1.165, 1.54) is 0 Å². The van der Waals surface area contributed by atoms with Crippen LogP contribution in [0.2, 0.25) is 10.0 Å². The van der Waals surface area contributed by atoms with E-state index in [4.69, 9.17) is 23.2 Å². The smallest absolute Gasteiger partial charge is 0.287 e. The van der Waals surface area contributed by atoms with Crippen LogP contribution in [0.15, 0.2) is 67.1 Å². The number of halogens is 2. The molecule has 3 aromatic rings. The molecule has 1 heterocycles. The lowest BCUT2D eigenvalue weighted by Crippen LogP contribution is -2.37. The maximum atomic E-state index is 12.2. The van der Waals surface area contributed by atoms with E-state index in [0.29, 0.717) is 15.6 Å². The number of rotatable bonds is 4. The maximum Gasteiger partial charge on any atom is 0.287 e. The molecule has 0 amide bonds. The first-order valence-corrected chi connectivity index (χ1v) is 7.77. The summed E-state index contributed by atoms with van der Waals surface area (Å²) in [6, 6.07) is 16.2. The summed E-state index contributed by atoms with van der Waals surface area (Å²) >= 11 is 11.7. The molecule has 0 radical (unpaired) electrons. The van der Waals surface area contributed by atoms with Crippen molar-refractivity contribution in [3.05, 3.63) is 82.7 Å². The molecular formula is C18H13Cl2N2O+. The molecule has 0 fully saturated rings. The quantitative estimate of drug-likeness (QED) is 0.524. The largest absolute Gasteiger partial charge is 0.290 e. The normalized spacial score (nSPS) is 10.5. The third-order valence-electron chi connectivity index (χ3n) is 3.40. The van der Waals surface area contributed by atoms with Crippen molar-refractivity contribution in [2.75, 3.05) is 0 Å². The van der Waals surface area contributed by atoms with E-state index in [1.807, 2.05) is 36.5 Å². The highest BCUT2D eigenvalue weighted by Gasteiger charge is 2.11. The summed E-state index contributed by atoms with van der Waals surface area (Å²) in [7, 11) is 0. The zero-order chi connectivity index (χ0) is 16.2. The highest BCUT2D eigenvalue weighted by atomic mass is 35.5. The van der Waals surface area contributed by atoms with Gasteiger partial charge in [0.15, 0.2) is 12.2 Å². The van der Waals surface area contributed by atoms with Crippen LogP contribution in [0.25, 0.3) is 11.3 Å². The molecule has 0 bridgehead atoms. The van der Waals surface area contributed by atoms with Gasteiger partial charge in [0, 0.05) is 27.2 Å². The van der Waals surface area contributed by atoms with Crippen molar-refractivity contribution in [2.45, 2.75) is 6.54 Å². The van der Waals surface area contributed by atoms with Gasteiger partial charge < -0.3 is 0 Å². The van der Waals surface area contributed by atoms with Crippen molar-refractivity contribution in [2.24, 2.45) is 0 Å². The van der Waals surface area contributed by atoms with Gasteiger partial charge in [0.1, 0.15) is 0 Å². The molecular weight excluding hydrogens is 331 g/mol. The lowest BCUT2D eigenvalue weighted by atomic mass is 10.1. The lowest BCUT2D eigenvalue weighted by Gasteiger charge is -2.01. The third kappa shape index (κ3) is 3.95. The van der Waals surface area contributed by atoms with E-state index >= 15 is 0 Å². The Bertz CT molecular complexity index is 813. The van der Waals surface area contributed by atoms with Crippen molar-refractivity contribution in [3.8, 4) is 11.3 Å². The zero-order valence-electron chi connectivity index (χ0n) is 12.1. The minimum Gasteiger partial charge on any atom is -0.290 e. The molecule has 23 heavy (non-hydrogen) atoms. The number of carbonyl (C=O) groups is 1. The van der Waals surface area contributed by atoms with E-state index in [2.05, 4.69) is 4.98 Å². The highest BCUT2D eigenvalue weighted by molar-refractivity contribution is 6.30. The van der Waals surface area contributed by atoms with Crippen molar-refractivity contribution in [1.29, 1.82) is 0 Å². The number of benzene rings is 2. The number of Topliss-reactive ketones (excluding diaryl/α,β-unsaturated/α-hetero) is 1. The van der Waals surface area contributed by atoms with Crippen molar-refractivity contribution >= 4 is 29.0 Å². The molecule has 3 rings (SSSR count). The Balaban J connectivity index is 1.73. The molecule has 0 spiro atoms. The molecule has 1 aromatic heterocycles. The average Bonchev–Trinajstić information content (AvgIpc) is 2.57. The zero-order valence-corrected chi connectivity index (χ0v) is 13.6. The molecule has 0 N–H and O–H groups in total. The molecule has 5 heteroatoms. The molecule has 3 nitrogen and oxygen atoms in total. The summed E-state index contributed by atoms with van der Waals surface area (Å²) in [5, 5.41) is 1.30. The number of carbonyl (C=O) groups excluding carboxylic acids is 1. The van der Waals surface area contributed by atoms with Gasteiger partial charge in [-0.3, -0.25) is 4.79 Å². The van der Waals surface area contributed by atoms with Crippen LogP contribution in [0.1, 0.15) is 10.4 Å². The van der Waals surface area contributed by atoms with Crippen LogP contribution in [0.3, 0.4) is 0 Å². The second kappa shape index (κ2) is 6.90. The monoisotopic (exact) mass is 343 g/mol. The van der Waals surface area contributed by atoms with Gasteiger partial charge in [-0.1, -0.05) is 23.2 Å². The Hall–Kier alpha value is -2.23. The Labute approximate surface area is 144 Å². The van der Waals surface area contributed by atoms with E-state index < -0.39 is 0 Å². The van der Waals surface area contributed by atoms with Crippen LogP contribution in [-0.2, 0) is 6.54 Å². The van der Waals surface area contributed by atoms with Crippen LogP contribution in [0, 0.1) is 0 Å². The SMILES string of the molecule is O=C(C[n+]1ccc(-c2ccc(Cl)cc2)nc1)c1ccc(Cl)cc1. The van der Waals surface area contributed by atoms with E-state index in [1.54, 1.807) is 35.2 Å². The fourth-order valence-electron chi connectivity index (χ4n) is 2.16. The Kier molecular flexibility index (Phi) is 4.70. The number of hydrogen-bond donors (Lipinski definition) is 0. The average molecular weight is 344 g/mol. The minimum atomic E-state index is 0.00714. The standard InChI is InChI=1S/C18H13Cl2N2O/c19-15-5-1-13(2-6-15)17-9-10-22(12-21-17)11-18(23)14-3-7-16(20)8-4-14/h1-10,12H,11H2/q+1. The topological polar surface area (TPSA) is 33.8 Å². The second-order valence-corrected chi connectivity index (χ2v) is 5.93. The fourth-order valence-corrected chi connectivity index (χ4v) is 2.41. The van der Waals surface area contributed by atoms with Crippen LogP contribution < -0.4 is 4.57 Å². The lowest BCUT2D eigenvalue weighted by molar-refractivity contribution is -0.686. The molecule has 0 aliphatic carbocycles. The molecule has 0 aliphatic rings. The van der Waals surface area contributed by atoms with Gasteiger partial charge in [0.2, 0.25) is 5.78 Å². The summed E-state index contributed by atoms with van der Waals surface area (Å²) in [4.78, 5) is 16.6. The molecule has 0 saturated carbocycles. The third-order valence-corrected chi connectivity index (χ3v) is 3.91. The number of ketones is 1. The summed E-state index contributed by atoms with van der Waals surface area (Å²) < 4.78 is 1.75. The number of aromatic nitrogens is 2. The van der Waals surface area contributed by atoms with E-state index in [9.17, 15) is 4.79 Å². The van der Waals surface area contributed by atoms with Crippen molar-refractivity contribution in [1.82, 2.24) is 4.98 Å². The Morgan fingerprint density at radius 3 is 2.09 bits per heavy atom. The predicted octanol–water partition coefficient (Wildman–Crippen LogP) is 4.23. The first kappa shape index (κ1) is 15.7. The van der Waals surface area contributed by atoms with Crippen LogP contribution >= 0.6 is 23.2 Å². The summed E-state index contributed by atoms with van der Waals surface area (Å²) in [6.07, 6.45) is 3.49. The van der Waals surface area contributed by atoms with Crippen LogP contribution in [0.5, 0.6) is 0 Å². The molecule has 0 atom stereocenters. The van der Waals surface area contributed by atoms with E-state index in [-0.39, 0.29) is 12.3 Å². The van der Waals surface area contributed by atoms with Gasteiger partial charge >= 0.3 is 0 Å². The Morgan fingerprint density at radius 2 is 1.52 bits per heavy atom. The number of hydrogen-bond acceptors (Lipinski definition) is 2. The van der Waals surface area contributed by atoms with Gasteiger partial charge in [-0.2, -0.15) is 0 Å². The van der Waals surface area contributed by atoms with Crippen molar-refractivity contribution in [3.63, 3.8) is 0 Å². The molecule has 0 unspecified atom stereocenters. The molecule has 0 aliphatic heterocycles. The summed E-state index contributed by atoms with van der Waals surface area (Å²) in [5.74, 6) is 0.00714. The van der Waals surface area contributed by atoms with E-state index in [0.717, 1.165) is 11.3 Å². The first-order chi connectivity index (χ1) is 11.1. The fraction of sp³-hybridized carbons (Fsp3) is 0.0556. The van der Waals surface area contributed by atoms with Crippen molar-refractivity contribution < 1.29 is 9.36 Å².